The van der Waals surface area contributed by atoms with Crippen molar-refractivity contribution < 1.29 is 19.1 Å². The van der Waals surface area contributed by atoms with Gasteiger partial charge < -0.3 is 20.1 Å². The highest BCUT2D eigenvalue weighted by molar-refractivity contribution is 5.93. The third kappa shape index (κ3) is 5.62. The predicted molar refractivity (Wildman–Crippen MR) is 101 cm³/mol. The summed E-state index contributed by atoms with van der Waals surface area (Å²) >= 11 is 0. The minimum atomic E-state index is -0.0950. The average Bonchev–Trinajstić information content (AvgIpc) is 2.66. The molecule has 0 saturated carbocycles. The van der Waals surface area contributed by atoms with Gasteiger partial charge in [-0.15, -0.1) is 0 Å². The Kier molecular flexibility index (Phi) is 7.72. The van der Waals surface area contributed by atoms with E-state index in [1.54, 1.807) is 32.4 Å². The van der Waals surface area contributed by atoms with Crippen molar-refractivity contribution in [1.29, 1.82) is 0 Å². The summed E-state index contributed by atoms with van der Waals surface area (Å²) in [6.45, 7) is 4.57. The first kappa shape index (κ1) is 20.0. The van der Waals surface area contributed by atoms with E-state index in [0.29, 0.717) is 23.7 Å². The Hall–Kier alpha value is -2.28. The van der Waals surface area contributed by atoms with Crippen molar-refractivity contribution in [3.05, 3.63) is 18.2 Å². The molecular formula is C19H29N3O4. The van der Waals surface area contributed by atoms with Crippen molar-refractivity contribution in [2.24, 2.45) is 5.92 Å². The van der Waals surface area contributed by atoms with Gasteiger partial charge in [-0.2, -0.15) is 0 Å². The summed E-state index contributed by atoms with van der Waals surface area (Å²) in [6, 6.07) is 5.27. The molecule has 0 atom stereocenters. The molecule has 7 nitrogen and oxygen atoms in total. The summed E-state index contributed by atoms with van der Waals surface area (Å²) in [5.74, 6) is 1.33. The van der Waals surface area contributed by atoms with Crippen LogP contribution in [0.15, 0.2) is 18.2 Å². The molecule has 26 heavy (non-hydrogen) atoms. The highest BCUT2D eigenvalue weighted by Crippen LogP contribution is 2.29. The monoisotopic (exact) mass is 363 g/mol. The number of anilines is 1. The topological polar surface area (TPSA) is 79.9 Å². The summed E-state index contributed by atoms with van der Waals surface area (Å²) in [5.41, 5.74) is 0.618. The number of amides is 2. The second-order valence-corrected chi connectivity index (χ2v) is 6.46. The van der Waals surface area contributed by atoms with Crippen molar-refractivity contribution in [3.8, 4) is 11.5 Å². The van der Waals surface area contributed by atoms with Gasteiger partial charge in [0.25, 0.3) is 0 Å². The van der Waals surface area contributed by atoms with Gasteiger partial charge in [-0.1, -0.05) is 6.92 Å². The van der Waals surface area contributed by atoms with Gasteiger partial charge in [-0.3, -0.25) is 14.5 Å². The fourth-order valence-electron chi connectivity index (χ4n) is 3.04. The highest BCUT2D eigenvalue weighted by atomic mass is 16.5. The quantitative estimate of drug-likeness (QED) is 0.737. The molecule has 7 heteroatoms. The van der Waals surface area contributed by atoms with E-state index >= 15 is 0 Å². The molecule has 0 unspecified atom stereocenters. The summed E-state index contributed by atoms with van der Waals surface area (Å²) < 4.78 is 10.5. The number of carbonyl (C=O) groups excluding carboxylic acids is 2. The predicted octanol–water partition coefficient (Wildman–Crippen LogP) is 1.88. The molecule has 1 heterocycles. The second kappa shape index (κ2) is 10.0. The number of benzene rings is 1. The maximum absolute atomic E-state index is 12.3. The van der Waals surface area contributed by atoms with Crippen molar-refractivity contribution in [3.63, 3.8) is 0 Å². The van der Waals surface area contributed by atoms with Gasteiger partial charge >= 0.3 is 0 Å². The van der Waals surface area contributed by atoms with Crippen LogP contribution in [0.5, 0.6) is 11.5 Å². The van der Waals surface area contributed by atoms with Crippen molar-refractivity contribution >= 4 is 17.5 Å². The second-order valence-electron chi connectivity index (χ2n) is 6.46. The van der Waals surface area contributed by atoms with E-state index in [1.165, 1.54) is 0 Å². The van der Waals surface area contributed by atoms with E-state index < -0.39 is 0 Å². The first-order valence-electron chi connectivity index (χ1n) is 9.09. The Bertz CT molecular complexity index is 613. The first-order valence-corrected chi connectivity index (χ1v) is 9.09. The lowest BCUT2D eigenvalue weighted by molar-refractivity contribution is -0.126. The van der Waals surface area contributed by atoms with Gasteiger partial charge in [0.1, 0.15) is 11.5 Å². The third-order valence-corrected chi connectivity index (χ3v) is 4.56. The number of nitrogens with one attached hydrogen (secondary N) is 2. The van der Waals surface area contributed by atoms with Crippen LogP contribution in [0.1, 0.15) is 26.2 Å². The summed E-state index contributed by atoms with van der Waals surface area (Å²) in [4.78, 5) is 26.4. The van der Waals surface area contributed by atoms with Crippen LogP contribution < -0.4 is 20.1 Å². The minimum Gasteiger partial charge on any atom is -0.497 e. The lowest BCUT2D eigenvalue weighted by Gasteiger charge is -2.30. The highest BCUT2D eigenvalue weighted by Gasteiger charge is 2.25. The standard InChI is InChI=1S/C19H29N3O4/c1-4-9-20-19(24)14-7-10-22(11-8-14)13-18(23)21-16-6-5-15(25-2)12-17(16)26-3/h5-6,12,14H,4,7-11,13H2,1-3H3,(H,20,24)(H,21,23). The fourth-order valence-corrected chi connectivity index (χ4v) is 3.04. The molecule has 0 aromatic heterocycles. The number of ether oxygens (including phenoxy) is 2. The van der Waals surface area contributed by atoms with E-state index in [1.807, 2.05) is 6.92 Å². The normalized spacial score (nSPS) is 15.3. The van der Waals surface area contributed by atoms with Crippen LogP contribution in [0.2, 0.25) is 0 Å². The van der Waals surface area contributed by atoms with Gasteiger partial charge in [0.15, 0.2) is 0 Å². The molecule has 1 aromatic rings. The van der Waals surface area contributed by atoms with E-state index in [2.05, 4.69) is 15.5 Å². The Labute approximate surface area is 155 Å². The molecule has 2 amide bonds. The van der Waals surface area contributed by atoms with E-state index in [0.717, 1.165) is 38.9 Å². The SMILES string of the molecule is CCCNC(=O)C1CCN(CC(=O)Nc2ccc(OC)cc2OC)CC1. The molecule has 0 spiro atoms. The number of hydrogen-bond donors (Lipinski definition) is 2. The number of hydrogen-bond acceptors (Lipinski definition) is 5. The molecule has 0 bridgehead atoms. The van der Waals surface area contributed by atoms with Crippen LogP contribution in [0.25, 0.3) is 0 Å². The number of rotatable bonds is 8. The largest absolute Gasteiger partial charge is 0.497 e. The Morgan fingerprint density at radius 2 is 1.92 bits per heavy atom. The molecule has 1 aromatic carbocycles. The van der Waals surface area contributed by atoms with E-state index in [-0.39, 0.29) is 17.7 Å². The number of nitrogens with zero attached hydrogens (tertiary/aromatic N) is 1. The van der Waals surface area contributed by atoms with Gasteiger partial charge in [-0.05, 0) is 44.5 Å². The average molecular weight is 363 g/mol. The third-order valence-electron chi connectivity index (χ3n) is 4.56. The summed E-state index contributed by atoms with van der Waals surface area (Å²) in [5, 5.41) is 5.83. The van der Waals surface area contributed by atoms with Crippen molar-refractivity contribution in [2.75, 3.05) is 45.7 Å². The Morgan fingerprint density at radius 1 is 1.19 bits per heavy atom. The molecule has 1 aliphatic rings. The van der Waals surface area contributed by atoms with Gasteiger partial charge in [0.2, 0.25) is 11.8 Å². The Morgan fingerprint density at radius 3 is 2.54 bits per heavy atom. The number of methoxy groups -OCH3 is 2. The van der Waals surface area contributed by atoms with Crippen molar-refractivity contribution in [1.82, 2.24) is 10.2 Å². The minimum absolute atomic E-state index is 0.0579. The van der Waals surface area contributed by atoms with E-state index in [9.17, 15) is 9.59 Å². The van der Waals surface area contributed by atoms with Crippen LogP contribution in [0.3, 0.4) is 0 Å². The maximum atomic E-state index is 12.3. The zero-order valence-electron chi connectivity index (χ0n) is 15.8. The smallest absolute Gasteiger partial charge is 0.238 e. The maximum Gasteiger partial charge on any atom is 0.238 e. The molecular weight excluding hydrogens is 334 g/mol. The van der Waals surface area contributed by atoms with Crippen molar-refractivity contribution in [2.45, 2.75) is 26.2 Å². The molecule has 2 rings (SSSR count). The number of piperidine rings is 1. The van der Waals surface area contributed by atoms with Crippen LogP contribution >= 0.6 is 0 Å². The van der Waals surface area contributed by atoms with Crippen LogP contribution in [0.4, 0.5) is 5.69 Å². The molecule has 0 aliphatic carbocycles. The molecule has 1 fully saturated rings. The first-order chi connectivity index (χ1) is 12.6. The van der Waals surface area contributed by atoms with E-state index in [4.69, 9.17) is 9.47 Å². The van der Waals surface area contributed by atoms with Crippen LogP contribution in [0, 0.1) is 5.92 Å². The lowest BCUT2D eigenvalue weighted by Crippen LogP contribution is -2.43. The fraction of sp³-hybridized carbons (Fsp3) is 0.579. The molecule has 1 aliphatic heterocycles. The zero-order valence-corrected chi connectivity index (χ0v) is 15.8. The number of likely N-dealkylation sites (tertiary alicyclic amines) is 1. The van der Waals surface area contributed by atoms with Crippen LogP contribution in [-0.2, 0) is 9.59 Å². The molecule has 2 N–H and O–H groups in total. The molecule has 0 radical (unpaired) electrons. The van der Waals surface area contributed by atoms with Gasteiger partial charge in [0, 0.05) is 18.5 Å². The lowest BCUT2D eigenvalue weighted by atomic mass is 9.96. The molecule has 144 valence electrons. The number of carbonyl (C=O) groups is 2. The van der Waals surface area contributed by atoms with Gasteiger partial charge in [0.05, 0.1) is 26.5 Å². The zero-order chi connectivity index (χ0) is 18.9. The Balaban J connectivity index is 1.81. The summed E-state index contributed by atoms with van der Waals surface area (Å²) in [7, 11) is 3.14. The van der Waals surface area contributed by atoms with Crippen LogP contribution in [-0.4, -0.2) is 57.1 Å². The molecule has 1 saturated heterocycles. The van der Waals surface area contributed by atoms with Gasteiger partial charge in [-0.25, -0.2) is 0 Å². The summed E-state index contributed by atoms with van der Waals surface area (Å²) in [6.07, 6.45) is 2.52.